The average molecular weight is 292 g/mol. The lowest BCUT2D eigenvalue weighted by Crippen LogP contribution is -2.73. The van der Waals surface area contributed by atoms with E-state index in [0.29, 0.717) is 18.7 Å². The van der Waals surface area contributed by atoms with Gasteiger partial charge in [-0.3, -0.25) is 9.59 Å². The summed E-state index contributed by atoms with van der Waals surface area (Å²) < 4.78 is 0. The maximum Gasteiger partial charge on any atom is 0.254 e. The Hall–Kier alpha value is -2.62. The molecule has 1 N–H and O–H groups in total. The van der Waals surface area contributed by atoms with Gasteiger partial charge in [0.2, 0.25) is 0 Å². The number of nitrogens with zero attached hydrogens (tertiary/aromatic N) is 1. The molecule has 4 rings (SSSR count). The van der Waals surface area contributed by atoms with Crippen molar-refractivity contribution in [2.45, 2.75) is 12.0 Å². The lowest BCUT2D eigenvalue weighted by atomic mass is 9.78. The Labute approximate surface area is 128 Å². The van der Waals surface area contributed by atoms with E-state index in [1.165, 1.54) is 0 Å². The molecule has 4 nitrogen and oxygen atoms in total. The van der Waals surface area contributed by atoms with Crippen LogP contribution in [0.15, 0.2) is 54.6 Å². The minimum absolute atomic E-state index is 0.0272. The van der Waals surface area contributed by atoms with Gasteiger partial charge in [-0.2, -0.15) is 0 Å². The molecule has 2 aliphatic rings. The smallest absolute Gasteiger partial charge is 0.254 e. The van der Waals surface area contributed by atoms with Crippen molar-refractivity contribution in [3.05, 3.63) is 71.3 Å². The van der Waals surface area contributed by atoms with E-state index in [1.54, 1.807) is 4.90 Å². The van der Waals surface area contributed by atoms with Crippen LogP contribution in [0.25, 0.3) is 0 Å². The summed E-state index contributed by atoms with van der Waals surface area (Å²) in [6, 6.07) is 16.9. The highest BCUT2D eigenvalue weighted by Gasteiger charge is 2.48. The summed E-state index contributed by atoms with van der Waals surface area (Å²) >= 11 is 0. The van der Waals surface area contributed by atoms with Crippen LogP contribution in [0, 0.1) is 0 Å². The zero-order valence-corrected chi connectivity index (χ0v) is 12.1. The Bertz CT molecular complexity index is 749. The van der Waals surface area contributed by atoms with Gasteiger partial charge in [0.1, 0.15) is 0 Å². The normalized spacial score (nSPS) is 18.4. The Kier molecular flexibility index (Phi) is 2.79. The number of nitrogens with one attached hydrogen (secondary N) is 1. The maximum atomic E-state index is 12.4. The first-order valence-electron chi connectivity index (χ1n) is 7.42. The summed E-state index contributed by atoms with van der Waals surface area (Å²) in [4.78, 5) is 26.4. The number of amides is 2. The van der Waals surface area contributed by atoms with Crippen LogP contribution in [0.3, 0.4) is 0 Å². The van der Waals surface area contributed by atoms with Gasteiger partial charge in [-0.15, -0.1) is 0 Å². The number of benzene rings is 2. The van der Waals surface area contributed by atoms with E-state index in [1.807, 2.05) is 54.6 Å². The van der Waals surface area contributed by atoms with E-state index in [-0.39, 0.29) is 17.4 Å². The van der Waals surface area contributed by atoms with Crippen LogP contribution in [-0.2, 0) is 6.42 Å². The van der Waals surface area contributed by atoms with Crippen molar-refractivity contribution in [3.63, 3.8) is 0 Å². The topological polar surface area (TPSA) is 49.4 Å². The minimum Gasteiger partial charge on any atom is -0.343 e. The van der Waals surface area contributed by atoms with Gasteiger partial charge < -0.3 is 10.2 Å². The second-order valence-corrected chi connectivity index (χ2v) is 6.10. The van der Waals surface area contributed by atoms with Gasteiger partial charge in [0.05, 0.1) is 5.54 Å². The molecule has 0 aliphatic carbocycles. The third-order valence-corrected chi connectivity index (χ3v) is 4.46. The lowest BCUT2D eigenvalue weighted by molar-refractivity contribution is 0.0253. The van der Waals surface area contributed by atoms with Crippen LogP contribution >= 0.6 is 0 Å². The summed E-state index contributed by atoms with van der Waals surface area (Å²) in [6.45, 7) is 1.14. The summed E-state index contributed by atoms with van der Waals surface area (Å²) in [5, 5.41) is 3.09. The molecular weight excluding hydrogens is 276 g/mol. The zero-order valence-electron chi connectivity index (χ0n) is 12.1. The van der Waals surface area contributed by atoms with Crippen LogP contribution in [0.5, 0.6) is 0 Å². The molecule has 22 heavy (non-hydrogen) atoms. The maximum absolute atomic E-state index is 12.4. The molecule has 2 amide bonds. The van der Waals surface area contributed by atoms with Crippen LogP contribution in [0.2, 0.25) is 0 Å². The fourth-order valence-corrected chi connectivity index (χ4v) is 3.40. The molecule has 2 aromatic rings. The molecule has 1 fully saturated rings. The monoisotopic (exact) mass is 292 g/mol. The summed E-state index contributed by atoms with van der Waals surface area (Å²) in [7, 11) is 0. The van der Waals surface area contributed by atoms with Gasteiger partial charge in [0, 0.05) is 24.2 Å². The second-order valence-electron chi connectivity index (χ2n) is 6.10. The third-order valence-electron chi connectivity index (χ3n) is 4.46. The molecule has 2 aliphatic heterocycles. The summed E-state index contributed by atoms with van der Waals surface area (Å²) in [5.41, 5.74) is 2.22. The molecule has 2 heterocycles. The predicted octanol–water partition coefficient (Wildman–Crippen LogP) is 1.87. The quantitative estimate of drug-likeness (QED) is 0.872. The van der Waals surface area contributed by atoms with Crippen molar-refractivity contribution in [3.8, 4) is 0 Å². The van der Waals surface area contributed by atoms with Crippen molar-refractivity contribution in [2.24, 2.45) is 0 Å². The number of carbonyl (C=O) groups excluding carboxylic acids is 2. The summed E-state index contributed by atoms with van der Waals surface area (Å²) in [6.07, 6.45) is 0.785. The molecule has 2 aromatic carbocycles. The van der Waals surface area contributed by atoms with Gasteiger partial charge >= 0.3 is 0 Å². The van der Waals surface area contributed by atoms with Crippen LogP contribution in [0.4, 0.5) is 0 Å². The first-order valence-corrected chi connectivity index (χ1v) is 7.42. The SMILES string of the molecule is O=C1NC2(Cc3ccccc31)CN(C(=O)c1ccccc1)C2. The molecule has 1 spiro atoms. The fraction of sp³-hybridized carbons (Fsp3) is 0.222. The summed E-state index contributed by atoms with van der Waals surface area (Å²) in [5.74, 6) is -0.00649. The van der Waals surface area contributed by atoms with Crippen LogP contribution in [-0.4, -0.2) is 35.3 Å². The van der Waals surface area contributed by atoms with Gasteiger partial charge in [-0.05, 0) is 30.2 Å². The largest absolute Gasteiger partial charge is 0.343 e. The number of fused-ring (bicyclic) bond motifs is 1. The Morgan fingerprint density at radius 2 is 1.68 bits per heavy atom. The van der Waals surface area contributed by atoms with Crippen LogP contribution in [0.1, 0.15) is 26.3 Å². The zero-order chi connectivity index (χ0) is 15.2. The van der Waals surface area contributed by atoms with E-state index in [9.17, 15) is 9.59 Å². The van der Waals surface area contributed by atoms with Gasteiger partial charge in [-0.1, -0.05) is 36.4 Å². The second kappa shape index (κ2) is 4.70. The molecular formula is C18H16N2O2. The van der Waals surface area contributed by atoms with E-state index >= 15 is 0 Å². The van der Waals surface area contributed by atoms with Crippen molar-refractivity contribution in [1.29, 1.82) is 0 Å². The molecule has 0 atom stereocenters. The predicted molar refractivity (Wildman–Crippen MR) is 82.7 cm³/mol. The van der Waals surface area contributed by atoms with E-state index in [2.05, 4.69) is 5.32 Å². The highest BCUT2D eigenvalue weighted by atomic mass is 16.2. The van der Waals surface area contributed by atoms with E-state index in [0.717, 1.165) is 17.5 Å². The minimum atomic E-state index is -0.296. The number of likely N-dealkylation sites (tertiary alicyclic amines) is 1. The highest BCUT2D eigenvalue weighted by Crippen LogP contribution is 2.31. The first kappa shape index (κ1) is 13.1. The number of rotatable bonds is 1. The standard InChI is InChI=1S/C18H16N2O2/c21-16-15-9-5-4-8-14(15)10-18(19-16)11-20(12-18)17(22)13-6-2-1-3-7-13/h1-9H,10-12H2,(H,19,21). The molecule has 0 bridgehead atoms. The molecule has 0 aromatic heterocycles. The molecule has 4 heteroatoms. The Morgan fingerprint density at radius 3 is 2.45 bits per heavy atom. The van der Waals surface area contributed by atoms with Crippen molar-refractivity contribution in [1.82, 2.24) is 10.2 Å². The highest BCUT2D eigenvalue weighted by molar-refractivity contribution is 5.99. The van der Waals surface area contributed by atoms with Gasteiger partial charge in [-0.25, -0.2) is 0 Å². The van der Waals surface area contributed by atoms with Crippen LogP contribution < -0.4 is 5.32 Å². The molecule has 0 unspecified atom stereocenters. The lowest BCUT2D eigenvalue weighted by Gasteiger charge is -2.52. The van der Waals surface area contributed by atoms with Crippen molar-refractivity contribution in [2.75, 3.05) is 13.1 Å². The molecule has 0 radical (unpaired) electrons. The number of hydrogen-bond donors (Lipinski definition) is 1. The van der Waals surface area contributed by atoms with Crippen molar-refractivity contribution >= 4 is 11.8 Å². The van der Waals surface area contributed by atoms with Gasteiger partial charge in [0.15, 0.2) is 0 Å². The Morgan fingerprint density at radius 1 is 1.00 bits per heavy atom. The first-order chi connectivity index (χ1) is 10.7. The van der Waals surface area contributed by atoms with E-state index in [4.69, 9.17) is 0 Å². The molecule has 110 valence electrons. The van der Waals surface area contributed by atoms with Gasteiger partial charge in [0.25, 0.3) is 11.8 Å². The third kappa shape index (κ3) is 1.99. The molecule has 0 saturated carbocycles. The van der Waals surface area contributed by atoms with E-state index < -0.39 is 0 Å². The number of hydrogen-bond acceptors (Lipinski definition) is 2. The fourth-order valence-electron chi connectivity index (χ4n) is 3.40. The molecule has 1 saturated heterocycles. The Balaban J connectivity index is 1.52. The number of carbonyl (C=O) groups is 2. The average Bonchev–Trinajstić information content (AvgIpc) is 2.52. The van der Waals surface area contributed by atoms with Crippen molar-refractivity contribution < 1.29 is 9.59 Å².